The first-order valence-electron chi connectivity index (χ1n) is 9.18. The van der Waals surface area contributed by atoms with E-state index >= 15 is 0 Å². The predicted molar refractivity (Wildman–Crippen MR) is 99.6 cm³/mol. The highest BCUT2D eigenvalue weighted by atomic mass is 19.1. The van der Waals surface area contributed by atoms with Crippen LogP contribution in [0.4, 0.5) is 4.39 Å². The molecule has 27 heavy (non-hydrogen) atoms. The highest BCUT2D eigenvalue weighted by Crippen LogP contribution is 2.26. The van der Waals surface area contributed by atoms with Crippen molar-refractivity contribution in [3.8, 4) is 11.3 Å². The first kappa shape index (κ1) is 17.5. The van der Waals surface area contributed by atoms with Gasteiger partial charge in [-0.05, 0) is 37.8 Å². The predicted octanol–water partition coefficient (Wildman–Crippen LogP) is 3.27. The summed E-state index contributed by atoms with van der Waals surface area (Å²) in [5, 5.41) is 6.88. The Kier molecular flexibility index (Phi) is 4.75. The van der Waals surface area contributed by atoms with Crippen molar-refractivity contribution in [3.63, 3.8) is 0 Å². The molecule has 1 fully saturated rings. The van der Waals surface area contributed by atoms with E-state index in [-0.39, 0.29) is 11.7 Å². The van der Waals surface area contributed by atoms with Gasteiger partial charge in [0.25, 0.3) is 5.91 Å². The molecule has 1 aliphatic rings. The SMILES string of the molecule is Cc1nccn1C[C@H]1CCCN(C(=O)c2cn[nH]c2-c2cccc(F)c2)C1. The van der Waals surface area contributed by atoms with Gasteiger partial charge in [-0.15, -0.1) is 0 Å². The van der Waals surface area contributed by atoms with E-state index in [0.717, 1.165) is 31.8 Å². The first-order chi connectivity index (χ1) is 13.1. The number of amides is 1. The van der Waals surface area contributed by atoms with E-state index in [4.69, 9.17) is 0 Å². The molecule has 140 valence electrons. The number of halogens is 1. The van der Waals surface area contributed by atoms with Crippen LogP contribution in [-0.4, -0.2) is 43.6 Å². The van der Waals surface area contributed by atoms with Gasteiger partial charge in [0, 0.05) is 37.6 Å². The minimum Gasteiger partial charge on any atom is -0.338 e. The number of nitrogens with zero attached hydrogens (tertiary/aromatic N) is 4. The van der Waals surface area contributed by atoms with Crippen molar-refractivity contribution in [2.24, 2.45) is 5.92 Å². The van der Waals surface area contributed by atoms with E-state index in [1.807, 2.05) is 18.0 Å². The van der Waals surface area contributed by atoms with Gasteiger partial charge in [0.05, 0.1) is 17.5 Å². The minimum absolute atomic E-state index is 0.0601. The third kappa shape index (κ3) is 3.63. The summed E-state index contributed by atoms with van der Waals surface area (Å²) in [5.41, 5.74) is 1.67. The van der Waals surface area contributed by atoms with Gasteiger partial charge in [0.15, 0.2) is 0 Å². The summed E-state index contributed by atoms with van der Waals surface area (Å²) in [4.78, 5) is 19.3. The highest BCUT2D eigenvalue weighted by Gasteiger charge is 2.27. The number of aryl methyl sites for hydroxylation is 1. The number of likely N-dealkylation sites (tertiary alicyclic amines) is 1. The van der Waals surface area contributed by atoms with Crippen LogP contribution >= 0.6 is 0 Å². The number of rotatable bonds is 4. The molecule has 1 aliphatic heterocycles. The summed E-state index contributed by atoms with van der Waals surface area (Å²) < 4.78 is 15.7. The molecule has 0 bridgehead atoms. The monoisotopic (exact) mass is 367 g/mol. The number of aromatic nitrogens is 4. The Labute approximate surface area is 157 Å². The number of hydrogen-bond donors (Lipinski definition) is 1. The van der Waals surface area contributed by atoms with E-state index in [1.54, 1.807) is 18.3 Å². The van der Waals surface area contributed by atoms with Gasteiger partial charge in [-0.3, -0.25) is 9.89 Å². The van der Waals surface area contributed by atoms with Crippen molar-refractivity contribution in [1.29, 1.82) is 0 Å². The largest absolute Gasteiger partial charge is 0.338 e. The summed E-state index contributed by atoms with van der Waals surface area (Å²) >= 11 is 0. The molecule has 0 spiro atoms. The first-order valence-corrected chi connectivity index (χ1v) is 9.18. The van der Waals surface area contributed by atoms with Gasteiger partial charge in [0.2, 0.25) is 0 Å². The smallest absolute Gasteiger partial charge is 0.257 e. The maximum absolute atomic E-state index is 13.6. The number of H-pyrrole nitrogens is 1. The fourth-order valence-electron chi connectivity index (χ4n) is 3.76. The molecule has 3 aromatic rings. The number of hydrogen-bond acceptors (Lipinski definition) is 3. The number of benzene rings is 1. The van der Waals surface area contributed by atoms with Crippen LogP contribution in [0, 0.1) is 18.7 Å². The topological polar surface area (TPSA) is 66.8 Å². The Bertz CT molecular complexity index is 947. The third-order valence-corrected chi connectivity index (χ3v) is 5.17. The zero-order valence-electron chi connectivity index (χ0n) is 15.2. The van der Waals surface area contributed by atoms with Crippen LogP contribution in [0.1, 0.15) is 29.0 Å². The average Bonchev–Trinajstić information content (AvgIpc) is 3.31. The summed E-state index contributed by atoms with van der Waals surface area (Å²) in [7, 11) is 0. The number of piperidine rings is 1. The molecule has 1 aromatic carbocycles. The van der Waals surface area contributed by atoms with Crippen LogP contribution in [0.5, 0.6) is 0 Å². The molecule has 1 saturated heterocycles. The van der Waals surface area contributed by atoms with Crippen LogP contribution in [-0.2, 0) is 6.54 Å². The van der Waals surface area contributed by atoms with Gasteiger partial charge in [-0.1, -0.05) is 12.1 Å². The summed E-state index contributed by atoms with van der Waals surface area (Å²) in [6, 6.07) is 6.19. The second-order valence-electron chi connectivity index (χ2n) is 7.06. The van der Waals surface area contributed by atoms with Crippen LogP contribution in [0.25, 0.3) is 11.3 Å². The molecule has 0 saturated carbocycles. The van der Waals surface area contributed by atoms with E-state index < -0.39 is 0 Å². The van der Waals surface area contributed by atoms with E-state index in [9.17, 15) is 9.18 Å². The molecule has 6 nitrogen and oxygen atoms in total. The van der Waals surface area contributed by atoms with Gasteiger partial charge in [-0.25, -0.2) is 9.37 Å². The molecule has 3 heterocycles. The van der Waals surface area contributed by atoms with Crippen LogP contribution in [0.3, 0.4) is 0 Å². The maximum Gasteiger partial charge on any atom is 0.257 e. The lowest BCUT2D eigenvalue weighted by molar-refractivity contribution is 0.0663. The van der Waals surface area contributed by atoms with Crippen molar-refractivity contribution in [1.82, 2.24) is 24.6 Å². The highest BCUT2D eigenvalue weighted by molar-refractivity contribution is 5.99. The maximum atomic E-state index is 13.6. The number of aromatic amines is 1. The average molecular weight is 367 g/mol. The molecule has 2 aromatic heterocycles. The molecule has 1 atom stereocenters. The van der Waals surface area contributed by atoms with Crippen molar-refractivity contribution in [3.05, 3.63) is 60.1 Å². The van der Waals surface area contributed by atoms with Crippen molar-refractivity contribution >= 4 is 5.91 Å². The summed E-state index contributed by atoms with van der Waals surface area (Å²) in [5.74, 6) is 0.978. The molecule has 0 unspecified atom stereocenters. The molecule has 1 N–H and O–H groups in total. The Morgan fingerprint density at radius 3 is 3.07 bits per heavy atom. The molecular formula is C20H22FN5O. The number of carbonyl (C=O) groups excluding carboxylic acids is 1. The quantitative estimate of drug-likeness (QED) is 0.770. The van der Waals surface area contributed by atoms with Crippen molar-refractivity contribution in [2.45, 2.75) is 26.3 Å². The zero-order chi connectivity index (χ0) is 18.8. The van der Waals surface area contributed by atoms with Gasteiger partial charge < -0.3 is 9.47 Å². The van der Waals surface area contributed by atoms with Crippen molar-refractivity contribution in [2.75, 3.05) is 13.1 Å². The number of imidazole rings is 1. The Morgan fingerprint density at radius 1 is 1.41 bits per heavy atom. The molecule has 0 radical (unpaired) electrons. The fourth-order valence-corrected chi connectivity index (χ4v) is 3.76. The molecular weight excluding hydrogens is 345 g/mol. The second-order valence-corrected chi connectivity index (χ2v) is 7.06. The lowest BCUT2D eigenvalue weighted by Gasteiger charge is -2.33. The summed E-state index contributed by atoms with van der Waals surface area (Å²) in [6.07, 6.45) is 7.37. The van der Waals surface area contributed by atoms with Crippen LogP contribution in [0.15, 0.2) is 42.9 Å². The minimum atomic E-state index is -0.339. The van der Waals surface area contributed by atoms with Gasteiger partial charge in [0.1, 0.15) is 11.6 Å². The molecule has 1 amide bonds. The third-order valence-electron chi connectivity index (χ3n) is 5.17. The number of carbonyl (C=O) groups is 1. The van der Waals surface area contributed by atoms with Gasteiger partial charge in [-0.2, -0.15) is 5.10 Å². The zero-order valence-corrected chi connectivity index (χ0v) is 15.2. The van der Waals surface area contributed by atoms with E-state index in [1.165, 1.54) is 18.3 Å². The van der Waals surface area contributed by atoms with Crippen LogP contribution < -0.4 is 0 Å². The number of nitrogens with one attached hydrogen (secondary N) is 1. The van der Waals surface area contributed by atoms with E-state index in [2.05, 4.69) is 19.7 Å². The Morgan fingerprint density at radius 2 is 2.30 bits per heavy atom. The van der Waals surface area contributed by atoms with Crippen LogP contribution in [0.2, 0.25) is 0 Å². The normalized spacial score (nSPS) is 17.3. The molecule has 7 heteroatoms. The Balaban J connectivity index is 1.51. The van der Waals surface area contributed by atoms with Crippen molar-refractivity contribution < 1.29 is 9.18 Å². The van der Waals surface area contributed by atoms with Gasteiger partial charge >= 0.3 is 0 Å². The summed E-state index contributed by atoms with van der Waals surface area (Å²) in [6.45, 7) is 4.27. The second kappa shape index (κ2) is 7.34. The lowest BCUT2D eigenvalue weighted by atomic mass is 9.97. The lowest BCUT2D eigenvalue weighted by Crippen LogP contribution is -2.41. The molecule has 4 rings (SSSR count). The van der Waals surface area contributed by atoms with E-state index in [0.29, 0.717) is 29.3 Å². The molecule has 0 aliphatic carbocycles. The Hall–Kier alpha value is -2.96. The fraction of sp³-hybridized carbons (Fsp3) is 0.350. The standard InChI is InChI=1S/C20H22FN5O/c1-14-22-7-9-25(14)12-15-4-3-8-26(13-15)20(27)18-11-23-24-19(18)16-5-2-6-17(21)10-16/h2,5-7,9-11,15H,3-4,8,12-13H2,1H3,(H,23,24)/t15-/m1/s1.